The number of amides is 2. The van der Waals surface area contributed by atoms with Crippen molar-refractivity contribution in [2.45, 2.75) is 19.6 Å². The summed E-state index contributed by atoms with van der Waals surface area (Å²) in [6.07, 6.45) is -0.667. The quantitative estimate of drug-likeness (QED) is 0.477. The molecule has 2 amide bonds. The Morgan fingerprint density at radius 1 is 0.970 bits per heavy atom. The molecule has 1 N–H and O–H groups in total. The van der Waals surface area contributed by atoms with E-state index in [0.717, 1.165) is 5.56 Å². The Labute approximate surface area is 189 Å². The van der Waals surface area contributed by atoms with Crippen LogP contribution < -0.4 is 20.6 Å². The number of ether oxygens (including phenoxy) is 1. The van der Waals surface area contributed by atoms with Crippen LogP contribution in [-0.4, -0.2) is 17.9 Å². The van der Waals surface area contributed by atoms with Crippen molar-refractivity contribution in [3.8, 4) is 5.75 Å². The van der Waals surface area contributed by atoms with Gasteiger partial charge >= 0.3 is 5.63 Å². The molecule has 1 aliphatic rings. The van der Waals surface area contributed by atoms with E-state index in [1.165, 1.54) is 6.07 Å². The summed E-state index contributed by atoms with van der Waals surface area (Å²) in [5.41, 5.74) is 1.65. The van der Waals surface area contributed by atoms with Crippen LogP contribution in [0.2, 0.25) is 0 Å². The van der Waals surface area contributed by atoms with Crippen LogP contribution >= 0.6 is 0 Å². The lowest BCUT2D eigenvalue weighted by Crippen LogP contribution is -2.44. The number of carbonyl (C=O) groups excluding carboxylic acids is 2. The van der Waals surface area contributed by atoms with Crippen molar-refractivity contribution in [3.63, 3.8) is 0 Å². The first-order valence-corrected chi connectivity index (χ1v) is 10.5. The number of hydrogen-bond donors (Lipinski definition) is 1. The molecule has 1 unspecified atom stereocenters. The van der Waals surface area contributed by atoms with Crippen molar-refractivity contribution < 1.29 is 18.7 Å². The first kappa shape index (κ1) is 20.5. The monoisotopic (exact) mass is 440 g/mol. The second-order valence-corrected chi connectivity index (χ2v) is 7.79. The molecule has 164 valence electrons. The molecule has 2 heterocycles. The van der Waals surface area contributed by atoms with Gasteiger partial charge in [0.1, 0.15) is 16.9 Å². The Balaban J connectivity index is 1.43. The number of para-hydroxylation sites is 1. The summed E-state index contributed by atoms with van der Waals surface area (Å²) in [7, 11) is 0. The average Bonchev–Trinajstić information content (AvgIpc) is 2.82. The lowest BCUT2D eigenvalue weighted by molar-refractivity contribution is -0.125. The zero-order valence-corrected chi connectivity index (χ0v) is 17.8. The summed E-state index contributed by atoms with van der Waals surface area (Å²) in [5, 5.41) is 3.37. The lowest BCUT2D eigenvalue weighted by atomic mass is 10.1. The number of benzene rings is 3. The van der Waals surface area contributed by atoms with Gasteiger partial charge < -0.3 is 19.4 Å². The Bertz CT molecular complexity index is 1430. The Morgan fingerprint density at radius 3 is 2.55 bits per heavy atom. The highest BCUT2D eigenvalue weighted by Gasteiger charge is 2.31. The molecule has 0 saturated heterocycles. The van der Waals surface area contributed by atoms with Crippen LogP contribution in [-0.2, 0) is 11.3 Å². The normalized spacial score (nSPS) is 15.1. The first-order valence-electron chi connectivity index (χ1n) is 10.5. The Kier molecular flexibility index (Phi) is 5.14. The largest absolute Gasteiger partial charge is 0.479 e. The molecule has 1 aromatic heterocycles. The Morgan fingerprint density at radius 2 is 1.73 bits per heavy atom. The molecule has 3 aromatic carbocycles. The molecule has 0 radical (unpaired) electrons. The van der Waals surface area contributed by atoms with Gasteiger partial charge in [-0.1, -0.05) is 48.5 Å². The lowest BCUT2D eigenvalue weighted by Gasteiger charge is -2.33. The molecule has 0 spiro atoms. The summed E-state index contributed by atoms with van der Waals surface area (Å²) < 4.78 is 11.1. The SMILES string of the molecule is CC1Oc2cc(NC(=O)c3cc4ccccc4oc3=O)ccc2N(Cc2ccccc2)C1=O. The van der Waals surface area contributed by atoms with Gasteiger partial charge in [-0.25, -0.2) is 4.79 Å². The molecule has 0 bridgehead atoms. The van der Waals surface area contributed by atoms with E-state index in [1.54, 1.807) is 54.3 Å². The van der Waals surface area contributed by atoms with Crippen LogP contribution in [0.1, 0.15) is 22.8 Å². The molecular weight excluding hydrogens is 420 g/mol. The molecule has 0 aliphatic carbocycles. The molecule has 7 nitrogen and oxygen atoms in total. The minimum atomic E-state index is -0.714. The fourth-order valence-corrected chi connectivity index (χ4v) is 3.84. The minimum absolute atomic E-state index is 0.0958. The van der Waals surface area contributed by atoms with Gasteiger partial charge in [0.05, 0.1) is 12.2 Å². The van der Waals surface area contributed by atoms with E-state index in [4.69, 9.17) is 9.15 Å². The first-order chi connectivity index (χ1) is 16.0. The molecule has 1 atom stereocenters. The van der Waals surface area contributed by atoms with Gasteiger partial charge in [0, 0.05) is 17.1 Å². The maximum Gasteiger partial charge on any atom is 0.349 e. The third-order valence-electron chi connectivity index (χ3n) is 5.50. The van der Waals surface area contributed by atoms with Crippen molar-refractivity contribution in [1.29, 1.82) is 0 Å². The second-order valence-electron chi connectivity index (χ2n) is 7.79. The van der Waals surface area contributed by atoms with Gasteiger partial charge in [-0.05, 0) is 36.8 Å². The van der Waals surface area contributed by atoms with Crippen molar-refractivity contribution in [2.24, 2.45) is 0 Å². The van der Waals surface area contributed by atoms with Gasteiger partial charge in [-0.2, -0.15) is 0 Å². The molecular formula is C26H20N2O5. The summed E-state index contributed by atoms with van der Waals surface area (Å²) >= 11 is 0. The predicted octanol–water partition coefficient (Wildman–Crippen LogP) is 4.36. The fourth-order valence-electron chi connectivity index (χ4n) is 3.84. The van der Waals surface area contributed by atoms with Crippen LogP contribution in [0.15, 0.2) is 88.1 Å². The maximum atomic E-state index is 12.8. The van der Waals surface area contributed by atoms with Crippen LogP contribution in [0.3, 0.4) is 0 Å². The summed E-state index contributed by atoms with van der Waals surface area (Å²) in [6.45, 7) is 2.10. The summed E-state index contributed by atoms with van der Waals surface area (Å²) in [4.78, 5) is 39.5. The van der Waals surface area contributed by atoms with E-state index < -0.39 is 17.6 Å². The van der Waals surface area contributed by atoms with E-state index in [2.05, 4.69) is 5.32 Å². The van der Waals surface area contributed by atoms with Gasteiger partial charge in [0.15, 0.2) is 6.10 Å². The predicted molar refractivity (Wildman–Crippen MR) is 125 cm³/mol. The van der Waals surface area contributed by atoms with Gasteiger partial charge in [0.25, 0.3) is 11.8 Å². The molecule has 0 fully saturated rings. The number of carbonyl (C=O) groups is 2. The number of rotatable bonds is 4. The highest BCUT2D eigenvalue weighted by molar-refractivity contribution is 6.06. The molecule has 33 heavy (non-hydrogen) atoms. The van der Waals surface area contributed by atoms with E-state index in [9.17, 15) is 14.4 Å². The molecule has 0 saturated carbocycles. The average molecular weight is 440 g/mol. The highest BCUT2D eigenvalue weighted by Crippen LogP contribution is 2.37. The van der Waals surface area contributed by atoms with E-state index in [-0.39, 0.29) is 11.5 Å². The molecule has 1 aliphatic heterocycles. The zero-order valence-electron chi connectivity index (χ0n) is 17.8. The van der Waals surface area contributed by atoms with Crippen molar-refractivity contribution in [1.82, 2.24) is 0 Å². The van der Waals surface area contributed by atoms with Crippen LogP contribution in [0.4, 0.5) is 11.4 Å². The minimum Gasteiger partial charge on any atom is -0.479 e. The molecule has 5 rings (SSSR count). The standard InChI is InChI=1S/C26H20N2O5/c1-16-25(30)28(15-17-7-3-2-4-8-17)21-12-11-19(14-23(21)32-16)27-24(29)20-13-18-9-5-6-10-22(18)33-26(20)31/h2-14,16H,15H2,1H3,(H,27,29). The van der Waals surface area contributed by atoms with Crippen molar-refractivity contribution >= 4 is 34.2 Å². The second kappa shape index (κ2) is 8.27. The number of fused-ring (bicyclic) bond motifs is 2. The summed E-state index contributed by atoms with van der Waals surface area (Å²) in [6, 6.07) is 23.2. The maximum absolute atomic E-state index is 12.8. The topological polar surface area (TPSA) is 88.8 Å². The van der Waals surface area contributed by atoms with E-state index >= 15 is 0 Å². The Hall–Kier alpha value is -4.39. The third-order valence-corrected chi connectivity index (χ3v) is 5.50. The molecule has 7 heteroatoms. The van der Waals surface area contributed by atoms with Gasteiger partial charge in [-0.15, -0.1) is 0 Å². The van der Waals surface area contributed by atoms with Crippen LogP contribution in [0, 0.1) is 0 Å². The van der Waals surface area contributed by atoms with Crippen molar-refractivity contribution in [2.75, 3.05) is 10.2 Å². The highest BCUT2D eigenvalue weighted by atomic mass is 16.5. The number of nitrogens with zero attached hydrogens (tertiary/aromatic N) is 1. The van der Waals surface area contributed by atoms with E-state index in [1.807, 2.05) is 30.3 Å². The third kappa shape index (κ3) is 3.96. The van der Waals surface area contributed by atoms with Gasteiger partial charge in [0.2, 0.25) is 0 Å². The zero-order chi connectivity index (χ0) is 22.9. The fraction of sp³-hybridized carbons (Fsp3) is 0.115. The number of anilines is 2. The van der Waals surface area contributed by atoms with Gasteiger partial charge in [-0.3, -0.25) is 9.59 Å². The van der Waals surface area contributed by atoms with Crippen molar-refractivity contribution in [3.05, 3.63) is 100 Å². The summed E-state index contributed by atoms with van der Waals surface area (Å²) in [5.74, 6) is -0.256. The smallest absolute Gasteiger partial charge is 0.349 e. The molecule has 4 aromatic rings. The van der Waals surface area contributed by atoms with Crippen LogP contribution in [0.25, 0.3) is 11.0 Å². The van der Waals surface area contributed by atoms with Crippen LogP contribution in [0.5, 0.6) is 5.75 Å². The van der Waals surface area contributed by atoms with E-state index in [0.29, 0.717) is 34.6 Å². The number of hydrogen-bond acceptors (Lipinski definition) is 5. The number of nitrogens with one attached hydrogen (secondary N) is 1.